The number of ether oxygens (including phenoxy) is 1. The highest BCUT2D eigenvalue weighted by Crippen LogP contribution is 2.66. The lowest BCUT2D eigenvalue weighted by Crippen LogP contribution is -2.03. The number of rotatable bonds is 12. The van der Waals surface area contributed by atoms with Crippen molar-refractivity contribution < 1.29 is 31.9 Å². The van der Waals surface area contributed by atoms with Gasteiger partial charge in [-0.05, 0) is 56.9 Å². The molecule has 0 aromatic heterocycles. The fourth-order valence-corrected chi connectivity index (χ4v) is 8.06. The zero-order chi connectivity index (χ0) is 21.5. The van der Waals surface area contributed by atoms with Gasteiger partial charge in [-0.3, -0.25) is 4.79 Å². The van der Waals surface area contributed by atoms with Gasteiger partial charge in [0.2, 0.25) is 0 Å². The molecule has 0 spiro atoms. The van der Waals surface area contributed by atoms with E-state index in [-0.39, 0.29) is 5.97 Å². The summed E-state index contributed by atoms with van der Waals surface area (Å²) in [5.41, 5.74) is 1.02. The molecule has 0 aliphatic carbocycles. The number of carbonyl (C=O) groups is 1. The Labute approximate surface area is 178 Å². The zero-order valence-corrected chi connectivity index (χ0v) is 20.4. The number of hydrogen-bond donors (Lipinski definition) is 0. The summed E-state index contributed by atoms with van der Waals surface area (Å²) in [6.07, 6.45) is 0. The van der Waals surface area contributed by atoms with Gasteiger partial charge in [-0.15, -0.1) is 0 Å². The first-order chi connectivity index (χ1) is 13.2. The molecule has 0 unspecified atom stereocenters. The third kappa shape index (κ3) is 13.1. The van der Waals surface area contributed by atoms with E-state index in [0.717, 1.165) is 5.56 Å². The van der Waals surface area contributed by atoms with Crippen molar-refractivity contribution in [3.63, 3.8) is 0 Å². The van der Waals surface area contributed by atoms with Gasteiger partial charge in [0.1, 0.15) is 6.61 Å². The summed E-state index contributed by atoms with van der Waals surface area (Å²) < 4.78 is 31.7. The Kier molecular flexibility index (Phi) is 15.5. The predicted octanol–water partition coefficient (Wildman–Crippen LogP) is 5.35. The molecular weight excluding hydrogens is 442 g/mol. The van der Waals surface area contributed by atoms with E-state index in [1.54, 1.807) is 0 Å². The molecule has 0 saturated carbocycles. The second-order valence-electron chi connectivity index (χ2n) is 4.91. The monoisotopic (exact) mass is 472 g/mol. The molecule has 162 valence electrons. The van der Waals surface area contributed by atoms with Crippen molar-refractivity contribution in [1.29, 1.82) is 0 Å². The quantitative estimate of drug-likeness (QED) is 0.296. The Morgan fingerprint density at radius 2 is 1.21 bits per heavy atom. The van der Waals surface area contributed by atoms with E-state index in [9.17, 15) is 4.79 Å². The largest absolute Gasteiger partial charge is 0.461 e. The molecule has 0 fully saturated rings. The smallest absolute Gasteiger partial charge is 0.334 e. The summed E-state index contributed by atoms with van der Waals surface area (Å²) in [4.78, 5) is 10.4. The normalized spacial score (nSPS) is 11.5. The first-order valence-corrected chi connectivity index (χ1v) is 14.0. The number of esters is 1. The SMILES string of the molecule is CC(=O)OCc1ccccc1.CCOP(=S)(OCC)OP(=S)(OCC)OCC. The second-order valence-corrected chi connectivity index (χ2v) is 11.1. The van der Waals surface area contributed by atoms with Crippen molar-refractivity contribution in [3.8, 4) is 0 Å². The molecule has 1 rings (SSSR count). The van der Waals surface area contributed by atoms with Crippen LogP contribution < -0.4 is 0 Å². The fourth-order valence-electron chi connectivity index (χ4n) is 1.68. The van der Waals surface area contributed by atoms with E-state index < -0.39 is 13.4 Å². The minimum Gasteiger partial charge on any atom is -0.461 e. The molecule has 0 aliphatic heterocycles. The van der Waals surface area contributed by atoms with Crippen molar-refractivity contribution >= 4 is 43.0 Å². The molecule has 0 bridgehead atoms. The van der Waals surface area contributed by atoms with Crippen LogP contribution in [0.4, 0.5) is 0 Å². The molecule has 28 heavy (non-hydrogen) atoms. The maximum Gasteiger partial charge on any atom is 0.334 e. The van der Waals surface area contributed by atoms with Crippen molar-refractivity contribution in [1.82, 2.24) is 0 Å². The lowest BCUT2D eigenvalue weighted by atomic mass is 10.2. The maximum absolute atomic E-state index is 10.4. The summed E-state index contributed by atoms with van der Waals surface area (Å²) in [7, 11) is 0. The molecule has 1 aromatic carbocycles. The summed E-state index contributed by atoms with van der Waals surface area (Å²) in [5.74, 6) is -0.242. The summed E-state index contributed by atoms with van der Waals surface area (Å²) >= 11 is 10.4. The molecule has 7 nitrogen and oxygen atoms in total. The average molecular weight is 473 g/mol. The molecule has 0 aliphatic rings. The predicted molar refractivity (Wildman–Crippen MR) is 118 cm³/mol. The van der Waals surface area contributed by atoms with Gasteiger partial charge in [0.15, 0.2) is 0 Å². The third-order valence-corrected chi connectivity index (χ3v) is 9.00. The molecule has 0 radical (unpaired) electrons. The van der Waals surface area contributed by atoms with Crippen LogP contribution in [0.15, 0.2) is 30.3 Å². The van der Waals surface area contributed by atoms with E-state index >= 15 is 0 Å². The van der Waals surface area contributed by atoms with Crippen LogP contribution in [0.2, 0.25) is 0 Å². The number of carbonyl (C=O) groups excluding carboxylic acids is 1. The Morgan fingerprint density at radius 1 is 0.821 bits per heavy atom. The first kappa shape index (κ1) is 27.8. The van der Waals surface area contributed by atoms with Crippen LogP contribution in [-0.4, -0.2) is 32.4 Å². The molecule has 11 heteroatoms. The van der Waals surface area contributed by atoms with Gasteiger partial charge >= 0.3 is 19.4 Å². The first-order valence-electron chi connectivity index (χ1n) is 8.90. The molecule has 0 amide bonds. The van der Waals surface area contributed by atoms with E-state index in [2.05, 4.69) is 0 Å². The highest BCUT2D eigenvalue weighted by molar-refractivity contribution is 8.14. The van der Waals surface area contributed by atoms with Gasteiger partial charge in [0.05, 0.1) is 26.4 Å². The molecular formula is C17H30O7P2S2. The zero-order valence-electron chi connectivity index (χ0n) is 17.0. The molecule has 0 saturated heterocycles. The Hall–Kier alpha value is -0.210. The lowest BCUT2D eigenvalue weighted by molar-refractivity contribution is -0.142. The Balaban J connectivity index is 0.000000567. The Bertz CT molecular complexity index is 596. The van der Waals surface area contributed by atoms with E-state index in [1.807, 2.05) is 58.0 Å². The van der Waals surface area contributed by atoms with Crippen LogP contribution in [0.5, 0.6) is 0 Å². The molecule has 0 N–H and O–H groups in total. The van der Waals surface area contributed by atoms with Crippen LogP contribution in [0.3, 0.4) is 0 Å². The van der Waals surface area contributed by atoms with Crippen LogP contribution in [0.25, 0.3) is 0 Å². The Morgan fingerprint density at radius 3 is 1.54 bits per heavy atom. The minimum absolute atomic E-state index is 0.242. The van der Waals surface area contributed by atoms with Gasteiger partial charge in [0.25, 0.3) is 0 Å². The highest BCUT2D eigenvalue weighted by Gasteiger charge is 2.31. The third-order valence-electron chi connectivity index (χ3n) is 2.63. The minimum atomic E-state index is -2.87. The number of benzene rings is 1. The van der Waals surface area contributed by atoms with E-state index in [0.29, 0.717) is 33.0 Å². The second kappa shape index (κ2) is 15.6. The van der Waals surface area contributed by atoms with Crippen molar-refractivity contribution in [2.24, 2.45) is 0 Å². The maximum atomic E-state index is 10.4. The van der Waals surface area contributed by atoms with Crippen LogP contribution in [0.1, 0.15) is 40.2 Å². The lowest BCUT2D eigenvalue weighted by Gasteiger charge is -2.27. The topological polar surface area (TPSA) is 72.5 Å². The molecule has 0 heterocycles. The van der Waals surface area contributed by atoms with Crippen LogP contribution in [0, 0.1) is 0 Å². The standard InChI is InChI=1S/C9H10O2.C8H20O5P2S2/c1-8(10)11-7-9-5-3-2-4-6-9;1-5-9-14(16,10-6-2)13-15(17,11-7-3)12-8-4/h2-6H,7H2,1H3;5-8H2,1-4H3. The van der Waals surface area contributed by atoms with Crippen molar-refractivity contribution in [2.75, 3.05) is 26.4 Å². The van der Waals surface area contributed by atoms with Crippen molar-refractivity contribution in [3.05, 3.63) is 35.9 Å². The van der Waals surface area contributed by atoms with Gasteiger partial charge in [0, 0.05) is 6.92 Å². The fraction of sp³-hybridized carbons (Fsp3) is 0.588. The van der Waals surface area contributed by atoms with Gasteiger partial charge in [-0.25, -0.2) is 4.31 Å². The van der Waals surface area contributed by atoms with Gasteiger partial charge in [-0.2, -0.15) is 0 Å². The average Bonchev–Trinajstić information content (AvgIpc) is 2.61. The highest BCUT2D eigenvalue weighted by atomic mass is 32.5. The van der Waals surface area contributed by atoms with Crippen LogP contribution in [-0.2, 0) is 62.2 Å². The van der Waals surface area contributed by atoms with Crippen LogP contribution >= 0.6 is 13.4 Å². The van der Waals surface area contributed by atoms with Gasteiger partial charge in [-0.1, -0.05) is 30.3 Å². The summed E-state index contributed by atoms with van der Waals surface area (Å²) in [6.45, 7) is 4.86. The summed E-state index contributed by atoms with van der Waals surface area (Å²) in [6, 6.07) is 9.60. The van der Waals surface area contributed by atoms with Crippen molar-refractivity contribution in [2.45, 2.75) is 41.2 Å². The molecule has 1 aromatic rings. The van der Waals surface area contributed by atoms with Gasteiger partial charge < -0.3 is 22.8 Å². The summed E-state index contributed by atoms with van der Waals surface area (Å²) in [5, 5.41) is 0. The van der Waals surface area contributed by atoms with E-state index in [4.69, 9.17) is 50.8 Å². The molecule has 0 atom stereocenters. The number of hydrogen-bond acceptors (Lipinski definition) is 9. The van der Waals surface area contributed by atoms with E-state index in [1.165, 1.54) is 6.92 Å².